The maximum atomic E-state index is 13.3. The number of hydrogen-bond donors (Lipinski definition) is 2. The van der Waals surface area contributed by atoms with E-state index in [-0.39, 0.29) is 29.9 Å². The van der Waals surface area contributed by atoms with E-state index in [2.05, 4.69) is 16.3 Å². The van der Waals surface area contributed by atoms with Gasteiger partial charge in [0.25, 0.3) is 0 Å². The lowest BCUT2D eigenvalue weighted by Crippen LogP contribution is -2.58. The van der Waals surface area contributed by atoms with Gasteiger partial charge >= 0.3 is 0 Å². The van der Waals surface area contributed by atoms with E-state index in [0.717, 1.165) is 44.2 Å². The van der Waals surface area contributed by atoms with Gasteiger partial charge in [0.2, 0.25) is 11.8 Å². The van der Waals surface area contributed by atoms with E-state index in [0.29, 0.717) is 31.7 Å². The highest BCUT2D eigenvalue weighted by Crippen LogP contribution is 2.25. The maximum Gasteiger partial charge on any atom is 0.243 e. The van der Waals surface area contributed by atoms with Gasteiger partial charge in [-0.3, -0.25) is 14.5 Å². The molecule has 3 N–H and O–H groups in total. The molecule has 180 valence electrons. The quantitative estimate of drug-likeness (QED) is 0.618. The van der Waals surface area contributed by atoms with Gasteiger partial charge in [-0.25, -0.2) is 0 Å². The van der Waals surface area contributed by atoms with Crippen LogP contribution in [0.5, 0.6) is 0 Å². The average molecular weight is 456 g/mol. The Labute approximate surface area is 197 Å². The van der Waals surface area contributed by atoms with Crippen molar-refractivity contribution in [1.29, 1.82) is 5.26 Å². The minimum Gasteiger partial charge on any atom is -0.383 e. The first-order valence-electron chi connectivity index (χ1n) is 12.0. The van der Waals surface area contributed by atoms with Crippen molar-refractivity contribution in [1.82, 2.24) is 15.1 Å². The standard InChI is InChI=1S/C25H37N5O3/c1-18(31)30-12-11-23(15-24(30)25(32)28-22-9-7-21(27)8-10-22)29(13-14-33-2)17-20-5-3-19(16-26)4-6-20/h3-6,21-24H,7-15,17,27H2,1-2H3,(H,28,32)/t21?,22?,23?,24-/m1/s1. The summed E-state index contributed by atoms with van der Waals surface area (Å²) in [6.07, 6.45) is 5.02. The summed E-state index contributed by atoms with van der Waals surface area (Å²) in [6, 6.07) is 9.80. The summed E-state index contributed by atoms with van der Waals surface area (Å²) in [5, 5.41) is 12.3. The number of rotatable bonds is 8. The number of piperidine rings is 1. The summed E-state index contributed by atoms with van der Waals surface area (Å²) in [4.78, 5) is 29.6. The molecule has 2 atom stereocenters. The molecular weight excluding hydrogens is 418 g/mol. The number of benzene rings is 1. The molecule has 3 rings (SSSR count). The summed E-state index contributed by atoms with van der Waals surface area (Å²) in [6.45, 7) is 4.12. The van der Waals surface area contributed by atoms with Crippen molar-refractivity contribution in [3.63, 3.8) is 0 Å². The number of nitrogens with zero attached hydrogens (tertiary/aromatic N) is 3. The number of ether oxygens (including phenoxy) is 1. The predicted molar refractivity (Wildman–Crippen MR) is 126 cm³/mol. The summed E-state index contributed by atoms with van der Waals surface area (Å²) in [7, 11) is 1.69. The largest absolute Gasteiger partial charge is 0.383 e. The molecular formula is C25H37N5O3. The van der Waals surface area contributed by atoms with Gasteiger partial charge in [-0.2, -0.15) is 5.26 Å². The van der Waals surface area contributed by atoms with Crippen LogP contribution in [0.1, 0.15) is 56.6 Å². The number of likely N-dealkylation sites (tertiary alicyclic amines) is 1. The Kier molecular flexibility index (Phi) is 9.24. The molecule has 1 aromatic rings. The number of hydrogen-bond acceptors (Lipinski definition) is 6. The molecule has 0 radical (unpaired) electrons. The number of methoxy groups -OCH3 is 1. The molecule has 0 spiro atoms. The van der Waals surface area contributed by atoms with Crippen LogP contribution in [0.15, 0.2) is 24.3 Å². The Morgan fingerprint density at radius 1 is 1.21 bits per heavy atom. The molecule has 0 aromatic heterocycles. The number of carbonyl (C=O) groups excluding carboxylic acids is 2. The molecule has 0 bridgehead atoms. The third-order valence-electron chi connectivity index (χ3n) is 6.97. The minimum absolute atomic E-state index is 0.0552. The smallest absolute Gasteiger partial charge is 0.243 e. The van der Waals surface area contributed by atoms with Crippen LogP contribution in [0.3, 0.4) is 0 Å². The lowest BCUT2D eigenvalue weighted by atomic mass is 9.90. The Morgan fingerprint density at radius 3 is 2.52 bits per heavy atom. The van der Waals surface area contributed by atoms with E-state index in [1.165, 1.54) is 0 Å². The van der Waals surface area contributed by atoms with E-state index < -0.39 is 6.04 Å². The summed E-state index contributed by atoms with van der Waals surface area (Å²) in [5.74, 6) is -0.116. The Hall–Kier alpha value is -2.47. The van der Waals surface area contributed by atoms with Gasteiger partial charge in [-0.15, -0.1) is 0 Å². The third kappa shape index (κ3) is 7.00. The molecule has 1 saturated carbocycles. The molecule has 1 aromatic carbocycles. The molecule has 1 saturated heterocycles. The van der Waals surface area contributed by atoms with Crippen molar-refractivity contribution in [2.45, 2.75) is 76.2 Å². The highest BCUT2D eigenvalue weighted by molar-refractivity contribution is 5.87. The second-order valence-electron chi connectivity index (χ2n) is 9.30. The van der Waals surface area contributed by atoms with E-state index in [4.69, 9.17) is 15.7 Å². The fourth-order valence-electron chi connectivity index (χ4n) is 4.98. The minimum atomic E-state index is -0.470. The van der Waals surface area contributed by atoms with Gasteiger partial charge in [0.15, 0.2) is 0 Å². The zero-order valence-corrected chi connectivity index (χ0v) is 19.8. The molecule has 2 amide bonds. The fraction of sp³-hybridized carbons (Fsp3) is 0.640. The van der Waals surface area contributed by atoms with Crippen molar-refractivity contribution >= 4 is 11.8 Å². The number of nitriles is 1. The van der Waals surface area contributed by atoms with Crippen molar-refractivity contribution in [2.75, 3.05) is 26.8 Å². The van der Waals surface area contributed by atoms with E-state index in [1.807, 2.05) is 24.3 Å². The summed E-state index contributed by atoms with van der Waals surface area (Å²) < 4.78 is 5.34. The molecule has 2 fully saturated rings. The van der Waals surface area contributed by atoms with Gasteiger partial charge in [0.05, 0.1) is 18.2 Å². The summed E-state index contributed by atoms with van der Waals surface area (Å²) >= 11 is 0. The highest BCUT2D eigenvalue weighted by Gasteiger charge is 2.38. The highest BCUT2D eigenvalue weighted by atomic mass is 16.5. The first-order valence-corrected chi connectivity index (χ1v) is 12.0. The number of nitrogens with two attached hydrogens (primary N) is 1. The Balaban J connectivity index is 1.70. The van der Waals surface area contributed by atoms with Crippen LogP contribution in [0.2, 0.25) is 0 Å². The van der Waals surface area contributed by atoms with Crippen molar-refractivity contribution < 1.29 is 14.3 Å². The number of amides is 2. The number of carbonyl (C=O) groups is 2. The van der Waals surface area contributed by atoms with Crippen LogP contribution >= 0.6 is 0 Å². The van der Waals surface area contributed by atoms with Crippen LogP contribution in [0.25, 0.3) is 0 Å². The SMILES string of the molecule is COCCN(Cc1ccc(C#N)cc1)C1CCN(C(C)=O)[C@@H](C(=O)NC2CCC(N)CC2)C1. The van der Waals surface area contributed by atoms with Gasteiger partial charge in [0, 0.05) is 51.8 Å². The zero-order chi connectivity index (χ0) is 23.8. The molecule has 1 heterocycles. The van der Waals surface area contributed by atoms with Crippen molar-refractivity contribution in [3.05, 3.63) is 35.4 Å². The zero-order valence-electron chi connectivity index (χ0n) is 19.8. The monoisotopic (exact) mass is 455 g/mol. The summed E-state index contributed by atoms with van der Waals surface area (Å²) in [5.41, 5.74) is 7.75. The lowest BCUT2D eigenvalue weighted by molar-refractivity contribution is -0.142. The average Bonchev–Trinajstić information content (AvgIpc) is 2.83. The molecule has 2 aliphatic rings. The van der Waals surface area contributed by atoms with Crippen molar-refractivity contribution in [3.8, 4) is 6.07 Å². The van der Waals surface area contributed by atoms with Crippen LogP contribution in [0, 0.1) is 11.3 Å². The van der Waals surface area contributed by atoms with Gasteiger partial charge in [0.1, 0.15) is 6.04 Å². The fourth-order valence-corrected chi connectivity index (χ4v) is 4.98. The van der Waals surface area contributed by atoms with E-state index in [1.54, 1.807) is 18.9 Å². The van der Waals surface area contributed by atoms with Crippen LogP contribution in [-0.2, 0) is 20.9 Å². The van der Waals surface area contributed by atoms with Gasteiger partial charge in [-0.05, 0) is 56.2 Å². The predicted octanol–water partition coefficient (Wildman–Crippen LogP) is 1.77. The second-order valence-corrected chi connectivity index (χ2v) is 9.30. The molecule has 8 heteroatoms. The Bertz CT molecular complexity index is 829. The first kappa shape index (κ1) is 25.2. The molecule has 1 aliphatic heterocycles. The van der Waals surface area contributed by atoms with E-state index in [9.17, 15) is 9.59 Å². The Morgan fingerprint density at radius 2 is 1.91 bits per heavy atom. The van der Waals surface area contributed by atoms with Crippen molar-refractivity contribution in [2.24, 2.45) is 5.73 Å². The molecule has 1 unspecified atom stereocenters. The van der Waals surface area contributed by atoms with Crippen LogP contribution in [0.4, 0.5) is 0 Å². The molecule has 33 heavy (non-hydrogen) atoms. The maximum absolute atomic E-state index is 13.3. The van der Waals surface area contributed by atoms with Crippen LogP contribution < -0.4 is 11.1 Å². The molecule has 8 nitrogen and oxygen atoms in total. The van der Waals surface area contributed by atoms with Crippen LogP contribution in [-0.4, -0.2) is 72.6 Å². The van der Waals surface area contributed by atoms with E-state index >= 15 is 0 Å². The second kappa shape index (κ2) is 12.1. The number of nitrogens with one attached hydrogen (secondary N) is 1. The molecule has 1 aliphatic carbocycles. The third-order valence-corrected chi connectivity index (χ3v) is 6.97. The topological polar surface area (TPSA) is 112 Å². The normalized spacial score (nSPS) is 25.5. The first-order chi connectivity index (χ1) is 15.9. The van der Waals surface area contributed by atoms with Gasteiger partial charge in [-0.1, -0.05) is 12.1 Å². The van der Waals surface area contributed by atoms with Gasteiger partial charge < -0.3 is 20.7 Å². The lowest BCUT2D eigenvalue weighted by Gasteiger charge is -2.43.